The maximum absolute atomic E-state index is 12.9. The molecule has 2 N–H and O–H groups in total. The van der Waals surface area contributed by atoms with E-state index in [1.807, 2.05) is 24.4 Å². The number of nitrogens with two attached hydrogens (primary N) is 1. The van der Waals surface area contributed by atoms with Crippen molar-refractivity contribution in [2.45, 2.75) is 25.3 Å². The summed E-state index contributed by atoms with van der Waals surface area (Å²) in [5.41, 5.74) is 6.94. The number of nitrogens with zero attached hydrogens (tertiary/aromatic N) is 1. The number of anilines is 1. The molecule has 0 spiro atoms. The van der Waals surface area contributed by atoms with Gasteiger partial charge in [0.2, 0.25) is 10.0 Å². The number of rotatable bonds is 5. The van der Waals surface area contributed by atoms with Gasteiger partial charge in [0.1, 0.15) is 0 Å². The Labute approximate surface area is 137 Å². The molecule has 0 unspecified atom stereocenters. The van der Waals surface area contributed by atoms with Gasteiger partial charge in [-0.2, -0.15) is 4.31 Å². The Bertz CT molecular complexity index is 728. The summed E-state index contributed by atoms with van der Waals surface area (Å²) in [6.07, 6.45) is 0. The largest absolute Gasteiger partial charge is 0.398 e. The predicted molar refractivity (Wildman–Crippen MR) is 90.9 cm³/mol. The normalized spacial score (nSPS) is 12.0. The lowest BCUT2D eigenvalue weighted by molar-refractivity contribution is 0.426. The first-order valence-electron chi connectivity index (χ1n) is 6.44. The van der Waals surface area contributed by atoms with E-state index in [0.717, 1.165) is 4.88 Å². The topological polar surface area (TPSA) is 63.4 Å². The van der Waals surface area contributed by atoms with E-state index in [-0.39, 0.29) is 4.90 Å². The lowest BCUT2D eigenvalue weighted by Gasteiger charge is -2.21. The fourth-order valence-electron chi connectivity index (χ4n) is 2.02. The van der Waals surface area contributed by atoms with Crippen LogP contribution in [-0.4, -0.2) is 19.3 Å². The van der Waals surface area contributed by atoms with Crippen molar-refractivity contribution in [3.05, 3.63) is 44.6 Å². The molecule has 0 aliphatic rings. The molecule has 1 aromatic heterocycles. The van der Waals surface area contributed by atoms with Crippen molar-refractivity contribution in [2.75, 3.05) is 12.3 Å². The zero-order valence-electron chi connectivity index (χ0n) is 11.8. The third kappa shape index (κ3) is 3.48. The van der Waals surface area contributed by atoms with E-state index in [9.17, 15) is 8.42 Å². The summed E-state index contributed by atoms with van der Waals surface area (Å²) < 4.78 is 27.9. The fraction of sp³-hybridized carbons (Fsp3) is 0.286. The van der Waals surface area contributed by atoms with Gasteiger partial charge in [-0.15, -0.1) is 11.3 Å². The van der Waals surface area contributed by atoms with Crippen LogP contribution in [0.25, 0.3) is 0 Å². The molecule has 2 rings (SSSR count). The summed E-state index contributed by atoms with van der Waals surface area (Å²) in [6.45, 7) is 4.35. The molecule has 4 nitrogen and oxygen atoms in total. The second kappa shape index (κ2) is 6.48. The molecule has 2 aromatic rings. The van der Waals surface area contributed by atoms with Crippen LogP contribution in [0.3, 0.4) is 0 Å². The quantitative estimate of drug-likeness (QED) is 0.795. The van der Waals surface area contributed by atoms with Gasteiger partial charge >= 0.3 is 0 Å². The number of nitrogen functional groups attached to an aromatic ring is 1. The Morgan fingerprint density at radius 2 is 2.10 bits per heavy atom. The number of hydrogen-bond acceptors (Lipinski definition) is 4. The summed E-state index contributed by atoms with van der Waals surface area (Å²) in [5.74, 6) is 0. The molecule has 0 fully saturated rings. The van der Waals surface area contributed by atoms with Crippen LogP contribution in [0, 0.1) is 6.92 Å². The Kier molecular flexibility index (Phi) is 5.08. The Morgan fingerprint density at radius 1 is 1.38 bits per heavy atom. The standard InChI is InChI=1S/C14H17BrN2O2S2/c1-3-17(9-12-5-4-6-20-12)21(18,19)14-8-11(15)7-13(16)10(14)2/h4-8H,3,9,16H2,1-2H3. The molecule has 7 heteroatoms. The zero-order valence-corrected chi connectivity index (χ0v) is 15.1. The minimum Gasteiger partial charge on any atom is -0.398 e. The van der Waals surface area contributed by atoms with Gasteiger partial charge in [-0.25, -0.2) is 8.42 Å². The molecule has 114 valence electrons. The number of hydrogen-bond donors (Lipinski definition) is 1. The molecule has 1 aromatic carbocycles. The van der Waals surface area contributed by atoms with Crippen molar-refractivity contribution in [2.24, 2.45) is 0 Å². The SMILES string of the molecule is CCN(Cc1cccs1)S(=O)(=O)c1cc(Br)cc(N)c1C. The molecule has 0 bridgehead atoms. The maximum atomic E-state index is 12.9. The molecule has 0 atom stereocenters. The lowest BCUT2D eigenvalue weighted by atomic mass is 10.2. The number of halogens is 1. The van der Waals surface area contributed by atoms with Crippen LogP contribution >= 0.6 is 27.3 Å². The average molecular weight is 389 g/mol. The van der Waals surface area contributed by atoms with E-state index in [0.29, 0.717) is 28.8 Å². The van der Waals surface area contributed by atoms with Gasteiger partial charge in [0, 0.05) is 28.1 Å². The van der Waals surface area contributed by atoms with Crippen molar-refractivity contribution in [1.29, 1.82) is 0 Å². The van der Waals surface area contributed by atoms with Crippen molar-refractivity contribution in [3.8, 4) is 0 Å². The van der Waals surface area contributed by atoms with Crippen molar-refractivity contribution < 1.29 is 8.42 Å². The van der Waals surface area contributed by atoms with Crippen LogP contribution in [0.15, 0.2) is 39.0 Å². The Hall–Kier alpha value is -0.890. The van der Waals surface area contributed by atoms with Crippen LogP contribution in [-0.2, 0) is 16.6 Å². The third-order valence-corrected chi connectivity index (χ3v) is 6.61. The molecular weight excluding hydrogens is 372 g/mol. The highest BCUT2D eigenvalue weighted by Gasteiger charge is 2.26. The number of thiophene rings is 1. The summed E-state index contributed by atoms with van der Waals surface area (Å²) in [5, 5.41) is 1.94. The van der Waals surface area contributed by atoms with Gasteiger partial charge in [0.25, 0.3) is 0 Å². The van der Waals surface area contributed by atoms with Gasteiger partial charge in [-0.3, -0.25) is 0 Å². The summed E-state index contributed by atoms with van der Waals surface area (Å²) >= 11 is 4.86. The van der Waals surface area contributed by atoms with E-state index in [1.165, 1.54) is 4.31 Å². The summed E-state index contributed by atoms with van der Waals surface area (Å²) in [4.78, 5) is 1.27. The van der Waals surface area contributed by atoms with Gasteiger partial charge in [0.05, 0.1) is 4.90 Å². The molecule has 0 amide bonds. The summed E-state index contributed by atoms with van der Waals surface area (Å²) in [7, 11) is -3.57. The first-order chi connectivity index (χ1) is 9.86. The molecule has 0 radical (unpaired) electrons. The van der Waals surface area contributed by atoms with Crippen molar-refractivity contribution >= 4 is 43.0 Å². The van der Waals surface area contributed by atoms with E-state index in [4.69, 9.17) is 5.73 Å². The van der Waals surface area contributed by atoms with Crippen LogP contribution in [0.1, 0.15) is 17.4 Å². The van der Waals surface area contributed by atoms with E-state index < -0.39 is 10.0 Å². The average Bonchev–Trinajstić information content (AvgIpc) is 2.92. The third-order valence-electron chi connectivity index (χ3n) is 3.25. The minimum absolute atomic E-state index is 0.257. The van der Waals surface area contributed by atoms with Crippen LogP contribution in [0.5, 0.6) is 0 Å². The maximum Gasteiger partial charge on any atom is 0.243 e. The van der Waals surface area contributed by atoms with E-state index >= 15 is 0 Å². The lowest BCUT2D eigenvalue weighted by Crippen LogP contribution is -2.30. The van der Waals surface area contributed by atoms with E-state index in [1.54, 1.807) is 30.4 Å². The van der Waals surface area contributed by atoms with Crippen LogP contribution in [0.2, 0.25) is 0 Å². The molecule has 0 saturated heterocycles. The molecule has 0 saturated carbocycles. The smallest absolute Gasteiger partial charge is 0.243 e. The minimum atomic E-state index is -3.57. The van der Waals surface area contributed by atoms with Gasteiger partial charge in [0.15, 0.2) is 0 Å². The monoisotopic (exact) mass is 388 g/mol. The fourth-order valence-corrected chi connectivity index (χ4v) is 5.16. The molecule has 0 aliphatic carbocycles. The highest BCUT2D eigenvalue weighted by atomic mass is 79.9. The number of benzene rings is 1. The zero-order chi connectivity index (χ0) is 15.6. The van der Waals surface area contributed by atoms with Gasteiger partial charge < -0.3 is 5.73 Å². The second-order valence-corrected chi connectivity index (χ2v) is 8.48. The van der Waals surface area contributed by atoms with Crippen molar-refractivity contribution in [1.82, 2.24) is 4.31 Å². The predicted octanol–water partition coefficient (Wildman–Crippen LogP) is 3.61. The van der Waals surface area contributed by atoms with E-state index in [2.05, 4.69) is 15.9 Å². The van der Waals surface area contributed by atoms with Gasteiger partial charge in [-0.1, -0.05) is 28.9 Å². The molecule has 0 aliphatic heterocycles. The molecule has 1 heterocycles. The first kappa shape index (κ1) is 16.5. The molecular formula is C14H17BrN2O2S2. The van der Waals surface area contributed by atoms with Crippen molar-refractivity contribution in [3.63, 3.8) is 0 Å². The molecule has 21 heavy (non-hydrogen) atoms. The van der Waals surface area contributed by atoms with Crippen LogP contribution < -0.4 is 5.73 Å². The summed E-state index contributed by atoms with van der Waals surface area (Å²) in [6, 6.07) is 7.18. The first-order valence-corrected chi connectivity index (χ1v) is 9.55. The Balaban J connectivity index is 2.44. The second-order valence-electron chi connectivity index (χ2n) is 4.63. The van der Waals surface area contributed by atoms with Gasteiger partial charge in [-0.05, 0) is 36.1 Å². The highest BCUT2D eigenvalue weighted by Crippen LogP contribution is 2.29. The van der Waals surface area contributed by atoms with Crippen LogP contribution in [0.4, 0.5) is 5.69 Å². The highest BCUT2D eigenvalue weighted by molar-refractivity contribution is 9.10. The number of sulfonamides is 1. The Morgan fingerprint density at radius 3 is 2.67 bits per heavy atom.